The molecule has 0 radical (unpaired) electrons. The minimum atomic E-state index is -3.84. The topological polar surface area (TPSA) is 95.5 Å². The number of phenols is 1. The van der Waals surface area contributed by atoms with Gasteiger partial charge in [-0.1, -0.05) is 31.0 Å². The number of sulfonamides is 1. The highest BCUT2D eigenvalue weighted by Crippen LogP contribution is 2.28. The van der Waals surface area contributed by atoms with Crippen LogP contribution < -0.4 is 10.0 Å². The van der Waals surface area contributed by atoms with Crippen LogP contribution in [0.4, 0.5) is 11.4 Å². The fraction of sp³-hybridized carbons (Fsp3) is 0.235. The third-order valence-electron chi connectivity index (χ3n) is 3.39. The first kappa shape index (κ1) is 19.1. The third kappa shape index (κ3) is 5.37. The van der Waals surface area contributed by atoms with Crippen molar-refractivity contribution in [1.29, 1.82) is 0 Å². The van der Waals surface area contributed by atoms with E-state index < -0.39 is 10.0 Å². The van der Waals surface area contributed by atoms with Crippen LogP contribution in [-0.4, -0.2) is 19.4 Å². The Hall–Kier alpha value is -2.25. The summed E-state index contributed by atoms with van der Waals surface area (Å²) in [5.41, 5.74) is 0.357. The average molecular weight is 383 g/mol. The standard InChI is InChI=1S/C17H19ClN2O4S/c1-2-3-7-17(22)19-15-11-13(8-9-16(15)21)20-25(23,24)14-6-4-5-12(18)10-14/h4-6,8-11,20-21H,2-3,7H2,1H3,(H,19,22). The van der Waals surface area contributed by atoms with Gasteiger partial charge in [0.25, 0.3) is 10.0 Å². The SMILES string of the molecule is CCCCC(=O)Nc1cc(NS(=O)(=O)c2cccc(Cl)c2)ccc1O. The fourth-order valence-electron chi connectivity index (χ4n) is 2.10. The number of halogens is 1. The van der Waals surface area contributed by atoms with Crippen molar-refractivity contribution in [2.24, 2.45) is 0 Å². The van der Waals surface area contributed by atoms with Crippen LogP contribution in [0.15, 0.2) is 47.4 Å². The Morgan fingerprint density at radius 1 is 1.20 bits per heavy atom. The first-order valence-electron chi connectivity index (χ1n) is 7.73. The lowest BCUT2D eigenvalue weighted by molar-refractivity contribution is -0.116. The molecule has 0 unspecified atom stereocenters. The molecule has 3 N–H and O–H groups in total. The zero-order valence-electron chi connectivity index (χ0n) is 13.6. The van der Waals surface area contributed by atoms with E-state index >= 15 is 0 Å². The molecule has 2 rings (SSSR count). The van der Waals surface area contributed by atoms with Gasteiger partial charge in [-0.2, -0.15) is 0 Å². The molecule has 134 valence electrons. The molecule has 0 heterocycles. The van der Waals surface area contributed by atoms with Gasteiger partial charge in [0.05, 0.1) is 16.3 Å². The highest BCUT2D eigenvalue weighted by atomic mass is 35.5. The molecule has 0 aliphatic carbocycles. The van der Waals surface area contributed by atoms with Gasteiger partial charge in [-0.3, -0.25) is 9.52 Å². The van der Waals surface area contributed by atoms with Crippen LogP contribution >= 0.6 is 11.6 Å². The van der Waals surface area contributed by atoms with Crippen molar-refractivity contribution in [3.05, 3.63) is 47.5 Å². The maximum absolute atomic E-state index is 12.4. The lowest BCUT2D eigenvalue weighted by atomic mass is 10.2. The molecule has 0 aliphatic rings. The molecular weight excluding hydrogens is 364 g/mol. The van der Waals surface area contributed by atoms with E-state index in [9.17, 15) is 18.3 Å². The normalized spacial score (nSPS) is 11.1. The monoisotopic (exact) mass is 382 g/mol. The summed E-state index contributed by atoms with van der Waals surface area (Å²) >= 11 is 5.83. The zero-order valence-corrected chi connectivity index (χ0v) is 15.2. The van der Waals surface area contributed by atoms with E-state index in [1.165, 1.54) is 36.4 Å². The van der Waals surface area contributed by atoms with Crippen LogP contribution in [-0.2, 0) is 14.8 Å². The number of amides is 1. The largest absolute Gasteiger partial charge is 0.506 e. The van der Waals surface area contributed by atoms with Gasteiger partial charge in [0.2, 0.25) is 5.91 Å². The summed E-state index contributed by atoms with van der Waals surface area (Å²) in [4.78, 5) is 11.8. The molecular formula is C17H19ClN2O4S. The Labute approximate surface area is 151 Å². The Bertz CT molecular complexity index is 869. The Morgan fingerprint density at radius 3 is 2.64 bits per heavy atom. The van der Waals surface area contributed by atoms with Crippen LogP contribution in [0.25, 0.3) is 0 Å². The zero-order chi connectivity index (χ0) is 18.4. The summed E-state index contributed by atoms with van der Waals surface area (Å²) in [5.74, 6) is -0.387. The van der Waals surface area contributed by atoms with E-state index in [-0.39, 0.29) is 27.9 Å². The predicted octanol–water partition coefficient (Wildman–Crippen LogP) is 3.98. The molecule has 0 spiro atoms. The van der Waals surface area contributed by atoms with Crippen LogP contribution in [0.3, 0.4) is 0 Å². The summed E-state index contributed by atoms with van der Waals surface area (Å²) in [7, 11) is -3.84. The second-order valence-corrected chi connectivity index (χ2v) is 7.57. The molecule has 0 fully saturated rings. The van der Waals surface area contributed by atoms with E-state index in [1.54, 1.807) is 6.07 Å². The summed E-state index contributed by atoms with van der Waals surface area (Å²) in [6.45, 7) is 1.97. The smallest absolute Gasteiger partial charge is 0.261 e. The first-order valence-corrected chi connectivity index (χ1v) is 9.59. The second-order valence-electron chi connectivity index (χ2n) is 5.45. The number of rotatable bonds is 7. The van der Waals surface area contributed by atoms with Crippen LogP contribution in [0.1, 0.15) is 26.2 Å². The first-order chi connectivity index (χ1) is 11.8. The van der Waals surface area contributed by atoms with Gasteiger partial charge in [0.15, 0.2) is 0 Å². The number of hydrogen-bond acceptors (Lipinski definition) is 4. The third-order valence-corrected chi connectivity index (χ3v) is 5.00. The predicted molar refractivity (Wildman–Crippen MR) is 98.5 cm³/mol. The van der Waals surface area contributed by atoms with Crippen molar-refractivity contribution in [2.45, 2.75) is 31.1 Å². The highest BCUT2D eigenvalue weighted by molar-refractivity contribution is 7.92. The highest BCUT2D eigenvalue weighted by Gasteiger charge is 2.16. The van der Waals surface area contributed by atoms with Crippen molar-refractivity contribution in [3.8, 4) is 5.75 Å². The number of phenolic OH excluding ortho intramolecular Hbond substituents is 1. The summed E-state index contributed by atoms with van der Waals surface area (Å²) in [6, 6.07) is 9.93. The minimum Gasteiger partial charge on any atom is -0.506 e. The van der Waals surface area contributed by atoms with E-state index in [0.717, 1.165) is 12.8 Å². The molecule has 0 saturated heterocycles. The molecule has 0 bridgehead atoms. The Morgan fingerprint density at radius 2 is 1.96 bits per heavy atom. The van der Waals surface area contributed by atoms with Gasteiger partial charge in [-0.25, -0.2) is 8.42 Å². The lowest BCUT2D eigenvalue weighted by Gasteiger charge is -2.12. The fourth-order valence-corrected chi connectivity index (χ4v) is 3.45. The lowest BCUT2D eigenvalue weighted by Crippen LogP contribution is -2.14. The van der Waals surface area contributed by atoms with Gasteiger partial charge in [0.1, 0.15) is 5.75 Å². The average Bonchev–Trinajstić information content (AvgIpc) is 2.56. The molecule has 0 saturated carbocycles. The molecule has 0 atom stereocenters. The number of unbranched alkanes of at least 4 members (excludes halogenated alkanes) is 1. The van der Waals surface area contributed by atoms with Crippen molar-refractivity contribution >= 4 is 38.9 Å². The summed E-state index contributed by atoms with van der Waals surface area (Å²) in [6.07, 6.45) is 1.93. The number of anilines is 2. The number of carbonyl (C=O) groups is 1. The van der Waals surface area contributed by atoms with E-state index in [4.69, 9.17) is 11.6 Å². The molecule has 25 heavy (non-hydrogen) atoms. The molecule has 1 amide bonds. The maximum Gasteiger partial charge on any atom is 0.261 e. The van der Waals surface area contributed by atoms with Gasteiger partial charge in [-0.05, 0) is 42.8 Å². The van der Waals surface area contributed by atoms with Crippen molar-refractivity contribution < 1.29 is 18.3 Å². The summed E-state index contributed by atoms with van der Waals surface area (Å²) in [5, 5.41) is 12.7. The van der Waals surface area contributed by atoms with Gasteiger partial charge in [0, 0.05) is 11.4 Å². The van der Waals surface area contributed by atoms with E-state index in [2.05, 4.69) is 10.0 Å². The molecule has 2 aromatic carbocycles. The van der Waals surface area contributed by atoms with Crippen molar-refractivity contribution in [3.63, 3.8) is 0 Å². The van der Waals surface area contributed by atoms with Gasteiger partial charge < -0.3 is 10.4 Å². The number of nitrogens with one attached hydrogen (secondary N) is 2. The summed E-state index contributed by atoms with van der Waals surface area (Å²) < 4.78 is 27.2. The van der Waals surface area contributed by atoms with Crippen LogP contribution in [0.2, 0.25) is 5.02 Å². The second kappa shape index (κ2) is 8.22. The maximum atomic E-state index is 12.4. The van der Waals surface area contributed by atoms with Crippen LogP contribution in [0.5, 0.6) is 5.75 Å². The van der Waals surface area contributed by atoms with Crippen molar-refractivity contribution in [1.82, 2.24) is 0 Å². The number of benzene rings is 2. The Kier molecular flexibility index (Phi) is 6.27. The number of hydrogen-bond donors (Lipinski definition) is 3. The van der Waals surface area contributed by atoms with Crippen LogP contribution in [0, 0.1) is 0 Å². The number of aromatic hydroxyl groups is 1. The van der Waals surface area contributed by atoms with E-state index in [1.807, 2.05) is 6.92 Å². The molecule has 2 aromatic rings. The van der Waals surface area contributed by atoms with Gasteiger partial charge in [-0.15, -0.1) is 0 Å². The van der Waals surface area contributed by atoms with Crippen molar-refractivity contribution in [2.75, 3.05) is 10.0 Å². The molecule has 0 aromatic heterocycles. The minimum absolute atomic E-state index is 0.0154. The quantitative estimate of drug-likeness (QED) is 0.498. The molecule has 6 nitrogen and oxygen atoms in total. The molecule has 8 heteroatoms. The van der Waals surface area contributed by atoms with Gasteiger partial charge >= 0.3 is 0 Å². The van der Waals surface area contributed by atoms with E-state index in [0.29, 0.717) is 11.4 Å². The Balaban J connectivity index is 2.20. The molecule has 0 aliphatic heterocycles. The number of carbonyl (C=O) groups excluding carboxylic acids is 1.